The van der Waals surface area contributed by atoms with Crippen LogP contribution in [0.2, 0.25) is 0 Å². The van der Waals surface area contributed by atoms with Gasteiger partial charge in [0, 0.05) is 30.9 Å². The van der Waals surface area contributed by atoms with Gasteiger partial charge in [0.05, 0.1) is 16.4 Å². The van der Waals surface area contributed by atoms with Crippen molar-refractivity contribution in [2.45, 2.75) is 61.7 Å². The topological polar surface area (TPSA) is 124 Å². The van der Waals surface area contributed by atoms with Crippen molar-refractivity contribution in [3.8, 4) is 0 Å². The normalized spacial score (nSPS) is 17.9. The lowest BCUT2D eigenvalue weighted by Gasteiger charge is -2.37. The highest BCUT2D eigenvalue weighted by Crippen LogP contribution is 2.42. The minimum atomic E-state index is -4.23. The number of rotatable bonds is 8. The lowest BCUT2D eigenvalue weighted by atomic mass is 9.83. The first kappa shape index (κ1) is 21.3. The molecule has 1 aliphatic rings. The fraction of sp³-hybridized carbons (Fsp3) is 0.611. The number of ether oxygens (including phenoxy) is 1. The van der Waals surface area contributed by atoms with E-state index in [-0.39, 0.29) is 30.0 Å². The average Bonchev–Trinajstić information content (AvgIpc) is 2.67. The van der Waals surface area contributed by atoms with Gasteiger partial charge >= 0.3 is 5.97 Å². The maximum atomic E-state index is 13.2. The van der Waals surface area contributed by atoms with E-state index in [4.69, 9.17) is 4.74 Å². The largest absolute Gasteiger partial charge is 0.466 e. The molecule has 0 radical (unpaired) electrons. The SMILES string of the molecule is CCOC(=O)CCC(O)(C1CCCCC1)S(=O)(=O)c1ccc([N+](=O)[O-])cc1. The molecule has 27 heavy (non-hydrogen) atoms. The first-order chi connectivity index (χ1) is 12.7. The van der Waals surface area contributed by atoms with E-state index in [0.717, 1.165) is 43.5 Å². The van der Waals surface area contributed by atoms with Crippen molar-refractivity contribution in [1.82, 2.24) is 0 Å². The van der Waals surface area contributed by atoms with Crippen molar-refractivity contribution in [2.24, 2.45) is 5.92 Å². The molecule has 1 atom stereocenters. The summed E-state index contributed by atoms with van der Waals surface area (Å²) in [6.45, 7) is 1.83. The Balaban J connectivity index is 2.37. The second kappa shape index (κ2) is 8.79. The van der Waals surface area contributed by atoms with Gasteiger partial charge in [-0.3, -0.25) is 14.9 Å². The van der Waals surface area contributed by atoms with Crippen molar-refractivity contribution in [3.05, 3.63) is 34.4 Å². The van der Waals surface area contributed by atoms with Crippen LogP contribution in [0.25, 0.3) is 0 Å². The van der Waals surface area contributed by atoms with Gasteiger partial charge in [-0.05, 0) is 31.9 Å². The summed E-state index contributed by atoms with van der Waals surface area (Å²) in [4.78, 5) is 19.6. The molecule has 2 rings (SSSR count). The number of nitro groups is 1. The van der Waals surface area contributed by atoms with E-state index in [0.29, 0.717) is 12.8 Å². The summed E-state index contributed by atoms with van der Waals surface area (Å²) in [6.07, 6.45) is 3.20. The number of non-ortho nitro benzene ring substituents is 1. The number of aliphatic hydroxyl groups is 1. The second-order valence-corrected chi connectivity index (χ2v) is 8.92. The molecule has 1 aliphatic carbocycles. The minimum Gasteiger partial charge on any atom is -0.466 e. The van der Waals surface area contributed by atoms with E-state index in [2.05, 4.69) is 0 Å². The zero-order valence-electron chi connectivity index (χ0n) is 15.3. The number of nitro benzene ring substituents is 1. The fourth-order valence-corrected chi connectivity index (χ4v) is 5.52. The molecule has 150 valence electrons. The van der Waals surface area contributed by atoms with Crippen LogP contribution >= 0.6 is 0 Å². The highest BCUT2D eigenvalue weighted by atomic mass is 32.2. The molecule has 0 heterocycles. The summed E-state index contributed by atoms with van der Waals surface area (Å²) >= 11 is 0. The Labute approximate surface area is 158 Å². The predicted molar refractivity (Wildman–Crippen MR) is 97.7 cm³/mol. The number of sulfone groups is 1. The Hall–Kier alpha value is -2.00. The second-order valence-electron chi connectivity index (χ2n) is 6.74. The highest BCUT2D eigenvalue weighted by molar-refractivity contribution is 7.92. The Kier molecular flexibility index (Phi) is 6.94. The molecule has 8 nitrogen and oxygen atoms in total. The molecule has 1 N–H and O–H groups in total. The lowest BCUT2D eigenvalue weighted by molar-refractivity contribution is -0.384. The molecular formula is C18H25NO7S. The molecule has 1 aromatic rings. The minimum absolute atomic E-state index is 0.176. The van der Waals surface area contributed by atoms with Crippen LogP contribution in [0.3, 0.4) is 0 Å². The number of carbonyl (C=O) groups is 1. The molecule has 0 bridgehead atoms. The number of hydrogen-bond donors (Lipinski definition) is 1. The van der Waals surface area contributed by atoms with Crippen molar-refractivity contribution in [3.63, 3.8) is 0 Å². The Morgan fingerprint density at radius 3 is 2.37 bits per heavy atom. The molecule has 0 saturated heterocycles. The lowest BCUT2D eigenvalue weighted by Crippen LogP contribution is -2.47. The number of hydrogen-bond acceptors (Lipinski definition) is 7. The molecule has 1 saturated carbocycles. The molecular weight excluding hydrogens is 374 g/mol. The van der Waals surface area contributed by atoms with E-state index >= 15 is 0 Å². The zero-order valence-corrected chi connectivity index (χ0v) is 16.1. The average molecular weight is 399 g/mol. The summed E-state index contributed by atoms with van der Waals surface area (Å²) in [5.41, 5.74) is -0.235. The van der Waals surface area contributed by atoms with Gasteiger partial charge in [-0.25, -0.2) is 8.42 Å². The van der Waals surface area contributed by atoms with Gasteiger partial charge in [-0.15, -0.1) is 0 Å². The summed E-state index contributed by atoms with van der Waals surface area (Å²) in [6, 6.07) is 4.45. The van der Waals surface area contributed by atoms with Gasteiger partial charge in [0.2, 0.25) is 9.84 Å². The number of carbonyl (C=O) groups excluding carboxylic acids is 1. The van der Waals surface area contributed by atoms with E-state index in [9.17, 15) is 28.4 Å². The quantitative estimate of drug-likeness (QED) is 0.405. The van der Waals surface area contributed by atoms with Crippen LogP contribution < -0.4 is 0 Å². The van der Waals surface area contributed by atoms with Crippen LogP contribution in [-0.4, -0.2) is 36.0 Å². The fourth-order valence-electron chi connectivity index (χ4n) is 3.58. The third-order valence-electron chi connectivity index (χ3n) is 5.06. The van der Waals surface area contributed by atoms with Crippen LogP contribution in [0.1, 0.15) is 51.9 Å². The Bertz CT molecular complexity index is 769. The zero-order chi connectivity index (χ0) is 20.1. The monoisotopic (exact) mass is 399 g/mol. The van der Waals surface area contributed by atoms with Gasteiger partial charge in [-0.2, -0.15) is 0 Å². The Morgan fingerprint density at radius 2 is 1.85 bits per heavy atom. The van der Waals surface area contributed by atoms with E-state index in [1.54, 1.807) is 6.92 Å². The van der Waals surface area contributed by atoms with Crippen molar-refractivity contribution >= 4 is 21.5 Å². The molecule has 0 amide bonds. The summed E-state index contributed by atoms with van der Waals surface area (Å²) < 4.78 is 31.3. The molecule has 0 aliphatic heterocycles. The Morgan fingerprint density at radius 1 is 1.26 bits per heavy atom. The maximum absolute atomic E-state index is 13.2. The van der Waals surface area contributed by atoms with Gasteiger partial charge in [0.1, 0.15) is 0 Å². The summed E-state index contributed by atoms with van der Waals surface area (Å²) in [5, 5.41) is 22.1. The van der Waals surface area contributed by atoms with Crippen LogP contribution in [-0.2, 0) is 19.4 Å². The third kappa shape index (κ3) is 4.65. The molecule has 0 aromatic heterocycles. The van der Waals surface area contributed by atoms with Gasteiger partial charge < -0.3 is 9.84 Å². The van der Waals surface area contributed by atoms with Crippen molar-refractivity contribution in [1.29, 1.82) is 0 Å². The van der Waals surface area contributed by atoms with E-state index in [1.807, 2.05) is 0 Å². The van der Waals surface area contributed by atoms with Crippen molar-refractivity contribution in [2.75, 3.05) is 6.61 Å². The van der Waals surface area contributed by atoms with E-state index < -0.39 is 31.6 Å². The van der Waals surface area contributed by atoms with Gasteiger partial charge in [-0.1, -0.05) is 19.3 Å². The molecule has 9 heteroatoms. The van der Waals surface area contributed by atoms with Crippen molar-refractivity contribution < 1.29 is 28.0 Å². The maximum Gasteiger partial charge on any atom is 0.305 e. The standard InChI is InChI=1S/C18H25NO7S/c1-2-26-17(20)12-13-18(21,14-6-4-3-5-7-14)27(24,25)16-10-8-15(9-11-16)19(22)23/h8-11,14,21H,2-7,12-13H2,1H3. The number of benzene rings is 1. The first-order valence-electron chi connectivity index (χ1n) is 9.09. The molecule has 0 spiro atoms. The van der Waals surface area contributed by atoms with Crippen LogP contribution in [0.5, 0.6) is 0 Å². The van der Waals surface area contributed by atoms with Crippen LogP contribution in [0.4, 0.5) is 5.69 Å². The van der Waals surface area contributed by atoms with Crippen LogP contribution in [0.15, 0.2) is 29.2 Å². The predicted octanol–water partition coefficient (Wildman–Crippen LogP) is 2.98. The van der Waals surface area contributed by atoms with Gasteiger partial charge in [0.15, 0.2) is 4.93 Å². The number of esters is 1. The molecule has 1 unspecified atom stereocenters. The smallest absolute Gasteiger partial charge is 0.305 e. The summed E-state index contributed by atoms with van der Waals surface area (Å²) in [5.74, 6) is -1.06. The first-order valence-corrected chi connectivity index (χ1v) is 10.6. The molecule has 1 aromatic carbocycles. The highest BCUT2D eigenvalue weighted by Gasteiger charge is 2.49. The van der Waals surface area contributed by atoms with Gasteiger partial charge in [0.25, 0.3) is 5.69 Å². The van der Waals surface area contributed by atoms with E-state index in [1.165, 1.54) is 0 Å². The summed E-state index contributed by atoms with van der Waals surface area (Å²) in [7, 11) is -4.23. The van der Waals surface area contributed by atoms with Crippen LogP contribution in [0, 0.1) is 16.0 Å². The number of nitrogens with zero attached hydrogens (tertiary/aromatic N) is 1. The third-order valence-corrected chi connectivity index (χ3v) is 7.42. The molecule has 1 fully saturated rings.